The quantitative estimate of drug-likeness (QED) is 0.337. The number of aryl methyl sites for hydroxylation is 2. The van der Waals surface area contributed by atoms with Crippen molar-refractivity contribution in [2.24, 2.45) is 0 Å². The van der Waals surface area contributed by atoms with Crippen molar-refractivity contribution in [1.82, 2.24) is 14.7 Å². The van der Waals surface area contributed by atoms with Crippen molar-refractivity contribution in [2.75, 3.05) is 32.8 Å². The van der Waals surface area contributed by atoms with Crippen molar-refractivity contribution in [3.8, 4) is 17.7 Å². The van der Waals surface area contributed by atoms with Crippen LogP contribution in [0.2, 0.25) is 0 Å². The molecule has 1 aromatic rings. The van der Waals surface area contributed by atoms with Gasteiger partial charge in [0.25, 0.3) is 0 Å². The first kappa shape index (κ1) is 21.7. The molecule has 0 aliphatic carbocycles. The van der Waals surface area contributed by atoms with Gasteiger partial charge in [-0.3, -0.25) is 9.58 Å². The van der Waals surface area contributed by atoms with Crippen molar-refractivity contribution in [1.29, 1.82) is 0 Å². The highest BCUT2D eigenvalue weighted by atomic mass is 17.6. The van der Waals surface area contributed by atoms with E-state index in [-0.39, 0.29) is 6.61 Å². The molecule has 2 aliphatic heterocycles. The van der Waals surface area contributed by atoms with E-state index in [2.05, 4.69) is 47.6 Å². The number of fused-ring (bicyclic) bond motifs is 1. The first-order valence-electron chi connectivity index (χ1n) is 9.74. The van der Waals surface area contributed by atoms with Crippen LogP contribution in [0.4, 0.5) is 0 Å². The third kappa shape index (κ3) is 8.73. The smallest absolute Gasteiger partial charge is 0.233 e. The van der Waals surface area contributed by atoms with Crippen LogP contribution in [0.15, 0.2) is 6.07 Å². The number of aromatic nitrogens is 2. The Labute approximate surface area is 161 Å². The largest absolute Gasteiger partial charge is 0.475 e. The van der Waals surface area contributed by atoms with E-state index in [0.29, 0.717) is 0 Å². The van der Waals surface area contributed by atoms with E-state index in [1.165, 1.54) is 57.3 Å². The molecule has 1 aromatic heterocycles. The van der Waals surface area contributed by atoms with Crippen LogP contribution >= 0.6 is 0 Å². The summed E-state index contributed by atoms with van der Waals surface area (Å²) in [4.78, 5) is 6.61. The lowest BCUT2D eigenvalue weighted by Crippen LogP contribution is -2.29. The van der Waals surface area contributed by atoms with Crippen LogP contribution in [0.25, 0.3) is 0 Å². The van der Waals surface area contributed by atoms with Gasteiger partial charge >= 0.3 is 0 Å². The van der Waals surface area contributed by atoms with E-state index < -0.39 is 0 Å². The fourth-order valence-electron chi connectivity index (χ4n) is 3.25. The van der Waals surface area contributed by atoms with E-state index in [9.17, 15) is 0 Å². The molecular weight excluding hydrogens is 350 g/mol. The van der Waals surface area contributed by atoms with Crippen molar-refractivity contribution in [3.63, 3.8) is 0 Å². The molecule has 0 radical (unpaired) electrons. The minimum atomic E-state index is 0.0804. The predicted molar refractivity (Wildman–Crippen MR) is 99.8 cm³/mol. The zero-order valence-electron chi connectivity index (χ0n) is 16.2. The van der Waals surface area contributed by atoms with E-state index in [1.54, 1.807) is 6.92 Å². The third-order valence-electron chi connectivity index (χ3n) is 4.64. The number of hydrogen-bond acceptors (Lipinski definition) is 7. The van der Waals surface area contributed by atoms with E-state index in [4.69, 9.17) is 9.99 Å². The highest BCUT2D eigenvalue weighted by molar-refractivity contribution is 5.16. The van der Waals surface area contributed by atoms with Crippen molar-refractivity contribution in [2.45, 2.75) is 58.4 Å². The Kier molecular flexibility index (Phi) is 10.9. The predicted octanol–water partition coefficient (Wildman–Crippen LogP) is 2.84. The first-order chi connectivity index (χ1) is 13.3. The maximum Gasteiger partial charge on any atom is 0.233 e. The lowest BCUT2D eigenvalue weighted by molar-refractivity contribution is -0.620. The average Bonchev–Trinajstić information content (AvgIpc) is 2.92. The van der Waals surface area contributed by atoms with E-state index in [0.717, 1.165) is 32.0 Å². The van der Waals surface area contributed by atoms with Crippen molar-refractivity contribution < 1.29 is 25.0 Å². The molecule has 0 bridgehead atoms. The van der Waals surface area contributed by atoms with E-state index in [1.807, 2.05) is 0 Å². The third-order valence-corrected chi connectivity index (χ3v) is 4.64. The van der Waals surface area contributed by atoms with Gasteiger partial charge in [-0.15, -0.1) is 11.0 Å². The zero-order valence-corrected chi connectivity index (χ0v) is 16.2. The fourth-order valence-corrected chi connectivity index (χ4v) is 3.25. The molecule has 3 heterocycles. The Hall–Kier alpha value is -1.63. The first-order valence-corrected chi connectivity index (χ1v) is 9.74. The number of ether oxygens (including phenoxy) is 1. The average molecular weight is 381 g/mol. The van der Waals surface area contributed by atoms with E-state index >= 15 is 0 Å². The Morgan fingerprint density at radius 2 is 1.89 bits per heavy atom. The van der Waals surface area contributed by atoms with Gasteiger partial charge in [-0.25, -0.2) is 5.26 Å². The van der Waals surface area contributed by atoms with Crippen LogP contribution in [0, 0.1) is 11.8 Å². The summed E-state index contributed by atoms with van der Waals surface area (Å²) in [5, 5.41) is 18.7. The van der Waals surface area contributed by atoms with Crippen LogP contribution in [-0.2, 0) is 27.9 Å². The SMILES string of the molecule is CC#CCOOOO.c1c(OCCN2CCCCCC2)nn2c1CCCC2. The van der Waals surface area contributed by atoms with Gasteiger partial charge in [0.1, 0.15) is 13.2 Å². The van der Waals surface area contributed by atoms with Gasteiger partial charge < -0.3 is 4.74 Å². The summed E-state index contributed by atoms with van der Waals surface area (Å²) < 4.78 is 7.94. The Bertz CT molecular complexity index is 550. The summed E-state index contributed by atoms with van der Waals surface area (Å²) in [6, 6.07) is 2.13. The van der Waals surface area contributed by atoms with Gasteiger partial charge in [-0.05, 0) is 62.2 Å². The molecule has 27 heavy (non-hydrogen) atoms. The Balaban J connectivity index is 0.000000279. The van der Waals surface area contributed by atoms with Crippen LogP contribution in [-0.4, -0.2) is 52.8 Å². The molecule has 0 unspecified atom stereocenters. The Morgan fingerprint density at radius 3 is 2.59 bits per heavy atom. The lowest BCUT2D eigenvalue weighted by Gasteiger charge is -2.19. The molecule has 0 spiro atoms. The summed E-state index contributed by atoms with van der Waals surface area (Å²) in [5.41, 5.74) is 1.34. The van der Waals surface area contributed by atoms with Gasteiger partial charge in [0.2, 0.25) is 5.88 Å². The molecule has 1 saturated heterocycles. The Morgan fingerprint density at radius 1 is 1.11 bits per heavy atom. The van der Waals surface area contributed by atoms with Crippen LogP contribution in [0.5, 0.6) is 5.88 Å². The number of hydrogen-bond donors (Lipinski definition) is 1. The molecule has 0 amide bonds. The van der Waals surface area contributed by atoms with Crippen molar-refractivity contribution >= 4 is 0 Å². The molecule has 152 valence electrons. The standard InChI is InChI=1S/C15H25N3O.C4H6O4/c1-2-5-9-17(8-4-1)11-12-19-15-13-14-7-3-6-10-18(14)16-15;1-2-3-4-6-8-7-5/h13H,1-12H2;5H,4H2,1H3. The molecule has 1 N–H and O–H groups in total. The van der Waals surface area contributed by atoms with Gasteiger partial charge in [0.05, 0.1) is 0 Å². The van der Waals surface area contributed by atoms with Gasteiger partial charge in [-0.2, -0.15) is 4.89 Å². The van der Waals surface area contributed by atoms with Gasteiger partial charge in [0.15, 0.2) is 0 Å². The van der Waals surface area contributed by atoms with Crippen LogP contribution < -0.4 is 4.74 Å². The summed E-state index contributed by atoms with van der Waals surface area (Å²) in [5.74, 6) is 5.85. The highest BCUT2D eigenvalue weighted by Crippen LogP contribution is 2.19. The number of likely N-dealkylation sites (tertiary alicyclic amines) is 1. The second-order valence-corrected chi connectivity index (χ2v) is 6.59. The minimum absolute atomic E-state index is 0.0804. The molecule has 8 nitrogen and oxygen atoms in total. The highest BCUT2D eigenvalue weighted by Gasteiger charge is 2.13. The molecule has 3 rings (SSSR count). The van der Waals surface area contributed by atoms with Gasteiger partial charge in [-0.1, -0.05) is 18.8 Å². The number of rotatable bonds is 7. The monoisotopic (exact) mass is 381 g/mol. The summed E-state index contributed by atoms with van der Waals surface area (Å²) >= 11 is 0. The molecule has 2 aliphatic rings. The maximum absolute atomic E-state index is 7.47. The minimum Gasteiger partial charge on any atom is -0.475 e. The molecule has 8 heteroatoms. The summed E-state index contributed by atoms with van der Waals surface area (Å²) in [6.07, 6.45) is 9.18. The molecule has 1 fully saturated rings. The second kappa shape index (κ2) is 13.5. The molecular formula is C19H31N3O5. The normalized spacial score (nSPS) is 17.0. The molecule has 0 saturated carbocycles. The maximum atomic E-state index is 7.47. The van der Waals surface area contributed by atoms with Crippen LogP contribution in [0.3, 0.4) is 0 Å². The summed E-state index contributed by atoms with van der Waals surface area (Å²) in [7, 11) is 0. The summed E-state index contributed by atoms with van der Waals surface area (Å²) in [6.45, 7) is 7.09. The lowest BCUT2D eigenvalue weighted by atomic mass is 10.1. The molecule has 0 aromatic carbocycles. The molecule has 0 atom stereocenters. The van der Waals surface area contributed by atoms with Crippen LogP contribution in [0.1, 0.15) is 51.1 Å². The van der Waals surface area contributed by atoms with Crippen molar-refractivity contribution in [3.05, 3.63) is 11.8 Å². The fraction of sp³-hybridized carbons (Fsp3) is 0.737. The second-order valence-electron chi connectivity index (χ2n) is 6.59. The van der Waals surface area contributed by atoms with Gasteiger partial charge in [0, 0.05) is 24.8 Å². The zero-order chi connectivity index (χ0) is 19.2. The topological polar surface area (TPSA) is 78.2 Å². The number of nitrogens with zero attached hydrogens (tertiary/aromatic N) is 3.